The molecule has 0 aromatic heterocycles. The molecule has 0 bridgehead atoms. The van der Waals surface area contributed by atoms with Crippen molar-refractivity contribution in [3.05, 3.63) is 0 Å². The van der Waals surface area contributed by atoms with E-state index in [4.69, 9.17) is 9.47 Å². The first-order valence-electron chi connectivity index (χ1n) is 4.45. The average molecular weight is 190 g/mol. The molecule has 1 fully saturated rings. The first-order chi connectivity index (χ1) is 6.27. The van der Waals surface area contributed by atoms with Crippen LogP contribution in [0, 0.1) is 0 Å². The fourth-order valence-electron chi connectivity index (χ4n) is 1.38. The van der Waals surface area contributed by atoms with Gasteiger partial charge in [-0.15, -0.1) is 0 Å². The third-order valence-electron chi connectivity index (χ3n) is 2.25. The van der Waals surface area contributed by atoms with Crippen LogP contribution in [0.2, 0.25) is 0 Å². The zero-order chi connectivity index (χ0) is 9.68. The lowest BCUT2D eigenvalue weighted by Gasteiger charge is -2.19. The van der Waals surface area contributed by atoms with Gasteiger partial charge >= 0.3 is 0 Å². The molecule has 0 aliphatic carbocycles. The minimum atomic E-state index is -0.311. The topological polar surface area (TPSA) is 62.8 Å². The summed E-state index contributed by atoms with van der Waals surface area (Å²) in [7, 11) is 3.19. The Morgan fingerprint density at radius 2 is 2.15 bits per heavy atom. The van der Waals surface area contributed by atoms with E-state index in [1.54, 1.807) is 14.2 Å². The van der Waals surface area contributed by atoms with Gasteiger partial charge in [0.1, 0.15) is 0 Å². The van der Waals surface area contributed by atoms with E-state index in [0.717, 1.165) is 6.54 Å². The van der Waals surface area contributed by atoms with Crippen LogP contribution >= 0.6 is 0 Å². The largest absolute Gasteiger partial charge is 0.390 e. The quantitative estimate of drug-likeness (QED) is 0.462. The first kappa shape index (κ1) is 10.9. The van der Waals surface area contributed by atoms with Gasteiger partial charge in [0, 0.05) is 39.9 Å². The summed E-state index contributed by atoms with van der Waals surface area (Å²) < 4.78 is 10.0. The van der Waals surface area contributed by atoms with Crippen LogP contribution in [-0.4, -0.2) is 57.4 Å². The normalized spacial score (nSPS) is 28.6. The van der Waals surface area contributed by atoms with Gasteiger partial charge in [0.15, 0.2) is 6.29 Å². The van der Waals surface area contributed by atoms with Crippen molar-refractivity contribution in [3.8, 4) is 0 Å². The fraction of sp³-hybridized carbons (Fsp3) is 1.00. The lowest BCUT2D eigenvalue weighted by molar-refractivity contribution is -0.101. The van der Waals surface area contributed by atoms with Gasteiger partial charge in [-0.2, -0.15) is 0 Å². The molecule has 0 saturated carbocycles. The Balaban J connectivity index is 2.17. The van der Waals surface area contributed by atoms with Crippen molar-refractivity contribution in [1.82, 2.24) is 10.6 Å². The summed E-state index contributed by atoms with van der Waals surface area (Å²) in [5, 5.41) is 15.7. The molecule has 0 radical (unpaired) electrons. The lowest BCUT2D eigenvalue weighted by Crippen LogP contribution is -2.43. The van der Waals surface area contributed by atoms with Crippen molar-refractivity contribution in [2.24, 2.45) is 0 Å². The summed E-state index contributed by atoms with van der Waals surface area (Å²) in [6.45, 7) is 2.04. The van der Waals surface area contributed by atoms with E-state index in [9.17, 15) is 5.11 Å². The number of methoxy groups -OCH3 is 2. The molecule has 2 atom stereocenters. The summed E-state index contributed by atoms with van der Waals surface area (Å²) in [5.41, 5.74) is 0. The third kappa shape index (κ3) is 3.21. The Bertz CT molecular complexity index is 141. The second-order valence-electron chi connectivity index (χ2n) is 3.14. The number of β-amino-alcohol motifs (C(OH)–C–C–N with tert-alkyl or cyclic N) is 1. The van der Waals surface area contributed by atoms with Crippen LogP contribution in [-0.2, 0) is 9.47 Å². The molecule has 1 heterocycles. The highest BCUT2D eigenvalue weighted by Gasteiger charge is 2.24. The van der Waals surface area contributed by atoms with Gasteiger partial charge in [-0.05, 0) is 0 Å². The molecule has 5 nitrogen and oxygen atoms in total. The SMILES string of the molecule is COC(CN[C@@H]1CNC[C@H]1O)OC. The first-order valence-corrected chi connectivity index (χ1v) is 4.45. The maximum absolute atomic E-state index is 9.44. The van der Waals surface area contributed by atoms with E-state index < -0.39 is 0 Å². The van der Waals surface area contributed by atoms with Crippen molar-refractivity contribution < 1.29 is 14.6 Å². The Labute approximate surface area is 78.4 Å². The molecule has 0 spiro atoms. The molecule has 0 amide bonds. The average Bonchev–Trinajstić information content (AvgIpc) is 2.54. The van der Waals surface area contributed by atoms with E-state index in [2.05, 4.69) is 10.6 Å². The molecule has 0 aromatic rings. The molecule has 0 unspecified atom stereocenters. The van der Waals surface area contributed by atoms with Gasteiger partial charge in [0.05, 0.1) is 6.10 Å². The van der Waals surface area contributed by atoms with Gasteiger partial charge in [-0.1, -0.05) is 0 Å². The molecular weight excluding hydrogens is 172 g/mol. The number of ether oxygens (including phenoxy) is 2. The van der Waals surface area contributed by atoms with E-state index in [0.29, 0.717) is 13.1 Å². The summed E-state index contributed by atoms with van der Waals surface area (Å²) in [6, 6.07) is 0.104. The van der Waals surface area contributed by atoms with Gasteiger partial charge in [0.2, 0.25) is 0 Å². The van der Waals surface area contributed by atoms with Crippen LogP contribution in [0.3, 0.4) is 0 Å². The molecule has 78 valence electrons. The van der Waals surface area contributed by atoms with Crippen LogP contribution in [0.15, 0.2) is 0 Å². The molecule has 5 heteroatoms. The zero-order valence-corrected chi connectivity index (χ0v) is 8.12. The highest BCUT2D eigenvalue weighted by atomic mass is 16.7. The minimum absolute atomic E-state index is 0.104. The van der Waals surface area contributed by atoms with Crippen molar-refractivity contribution in [2.75, 3.05) is 33.9 Å². The third-order valence-corrected chi connectivity index (χ3v) is 2.25. The second kappa shape index (κ2) is 5.51. The number of aliphatic hydroxyl groups is 1. The molecule has 1 aliphatic heterocycles. The molecule has 3 N–H and O–H groups in total. The summed E-state index contributed by atoms with van der Waals surface area (Å²) >= 11 is 0. The summed E-state index contributed by atoms with van der Waals surface area (Å²) in [6.07, 6.45) is -0.554. The van der Waals surface area contributed by atoms with Crippen molar-refractivity contribution in [1.29, 1.82) is 0 Å². The maximum Gasteiger partial charge on any atom is 0.169 e. The van der Waals surface area contributed by atoms with Gasteiger partial charge in [0.25, 0.3) is 0 Å². The Morgan fingerprint density at radius 3 is 2.62 bits per heavy atom. The van der Waals surface area contributed by atoms with Crippen LogP contribution in [0.4, 0.5) is 0 Å². The number of nitrogens with one attached hydrogen (secondary N) is 2. The standard InChI is InChI=1S/C8H18N2O3/c1-12-8(13-2)5-10-6-3-9-4-7(6)11/h6-11H,3-5H2,1-2H3/t6-,7-/m1/s1. The van der Waals surface area contributed by atoms with Gasteiger partial charge < -0.3 is 25.2 Å². The van der Waals surface area contributed by atoms with E-state index in [1.165, 1.54) is 0 Å². The summed E-state index contributed by atoms with van der Waals surface area (Å²) in [5.74, 6) is 0. The van der Waals surface area contributed by atoms with Gasteiger partial charge in [-0.25, -0.2) is 0 Å². The predicted octanol–water partition coefficient (Wildman–Crippen LogP) is -1.47. The Hall–Kier alpha value is -0.200. The fourth-order valence-corrected chi connectivity index (χ4v) is 1.38. The van der Waals surface area contributed by atoms with Gasteiger partial charge in [-0.3, -0.25) is 0 Å². The number of aliphatic hydroxyl groups excluding tert-OH is 1. The Morgan fingerprint density at radius 1 is 1.46 bits per heavy atom. The highest BCUT2D eigenvalue weighted by Crippen LogP contribution is 1.99. The lowest BCUT2D eigenvalue weighted by atomic mass is 10.2. The minimum Gasteiger partial charge on any atom is -0.390 e. The smallest absolute Gasteiger partial charge is 0.169 e. The second-order valence-corrected chi connectivity index (χ2v) is 3.14. The molecule has 1 rings (SSSR count). The van der Waals surface area contributed by atoms with E-state index >= 15 is 0 Å². The van der Waals surface area contributed by atoms with Crippen LogP contribution in [0.1, 0.15) is 0 Å². The monoisotopic (exact) mass is 190 g/mol. The van der Waals surface area contributed by atoms with Crippen LogP contribution < -0.4 is 10.6 Å². The van der Waals surface area contributed by atoms with Crippen LogP contribution in [0.25, 0.3) is 0 Å². The predicted molar refractivity (Wildman–Crippen MR) is 48.5 cm³/mol. The number of rotatable bonds is 5. The molecule has 1 saturated heterocycles. The Kier molecular flexibility index (Phi) is 4.61. The molecule has 0 aromatic carbocycles. The van der Waals surface area contributed by atoms with Crippen molar-refractivity contribution in [3.63, 3.8) is 0 Å². The highest BCUT2D eigenvalue weighted by molar-refractivity contribution is 4.86. The molecular formula is C8H18N2O3. The molecule has 1 aliphatic rings. The maximum atomic E-state index is 9.44. The molecule has 13 heavy (non-hydrogen) atoms. The number of hydrogen-bond acceptors (Lipinski definition) is 5. The van der Waals surface area contributed by atoms with E-state index in [1.807, 2.05) is 0 Å². The van der Waals surface area contributed by atoms with E-state index in [-0.39, 0.29) is 18.4 Å². The number of hydrogen-bond donors (Lipinski definition) is 3. The summed E-state index contributed by atoms with van der Waals surface area (Å²) in [4.78, 5) is 0. The zero-order valence-electron chi connectivity index (χ0n) is 8.12. The van der Waals surface area contributed by atoms with Crippen molar-refractivity contribution in [2.45, 2.75) is 18.4 Å². The van der Waals surface area contributed by atoms with Crippen molar-refractivity contribution >= 4 is 0 Å². The van der Waals surface area contributed by atoms with Crippen LogP contribution in [0.5, 0.6) is 0 Å².